The third-order valence-corrected chi connectivity index (χ3v) is 10.4. The fourth-order valence-electron chi connectivity index (χ4n) is 9.75. The van der Waals surface area contributed by atoms with Crippen molar-refractivity contribution < 1.29 is 15.0 Å². The van der Waals surface area contributed by atoms with E-state index in [0.29, 0.717) is 24.3 Å². The molecular weight excluding hydrogens is 326 g/mol. The van der Waals surface area contributed by atoms with Crippen LogP contribution in [-0.2, 0) is 4.79 Å². The molecule has 2 spiro atoms. The molecule has 5 aliphatic carbocycles. The topological polar surface area (TPSA) is 60.8 Å². The highest BCUT2D eigenvalue weighted by Gasteiger charge is 2.85. The van der Waals surface area contributed by atoms with E-state index < -0.39 is 6.10 Å². The van der Waals surface area contributed by atoms with E-state index in [-0.39, 0.29) is 40.0 Å². The summed E-state index contributed by atoms with van der Waals surface area (Å²) in [6.45, 7) is 10.9. The molecule has 0 unspecified atom stereocenters. The van der Waals surface area contributed by atoms with Crippen molar-refractivity contribution in [3.63, 3.8) is 0 Å². The van der Waals surface area contributed by atoms with E-state index in [4.69, 9.17) is 0 Å². The Morgan fingerprint density at radius 3 is 2.81 bits per heavy atom. The first-order valence-corrected chi connectivity index (χ1v) is 10.6. The SMILES string of the molecule is C=C1[C@H]2C[C@]3([C@@H]1O)[C@@H](CC2=O)[C@@]12[C@@H]4[C@@H]3C[C@@H]1[C@@](C)(CC[C@@H]2O)CN4CC. The molecule has 0 radical (unpaired) electrons. The standard InChI is InChI=1S/C22H31NO3/c1-4-23-10-20(3)6-5-17(25)22-15(20)7-13(18(22)23)21-9-12(11(2)19(21)26)14(24)8-16(21)22/h12-13,15-19,25-26H,2,4-10H2,1,3H3/t12-,13+,15-,16-,17+,18+,19-,20+,21-,22+/m1/s1. The number of hydrogen-bond acceptors (Lipinski definition) is 4. The quantitative estimate of drug-likeness (QED) is 0.705. The van der Waals surface area contributed by atoms with E-state index in [1.54, 1.807) is 0 Å². The van der Waals surface area contributed by atoms with Crippen LogP contribution in [0.5, 0.6) is 0 Å². The summed E-state index contributed by atoms with van der Waals surface area (Å²) < 4.78 is 0. The molecule has 0 aromatic rings. The lowest BCUT2D eigenvalue weighted by molar-refractivity contribution is -0.211. The minimum absolute atomic E-state index is 0.130. The molecule has 1 saturated heterocycles. The van der Waals surface area contributed by atoms with Crippen LogP contribution in [0.25, 0.3) is 0 Å². The number of aliphatic hydroxyl groups is 2. The van der Waals surface area contributed by atoms with Gasteiger partial charge in [0.2, 0.25) is 0 Å². The number of nitrogens with zero attached hydrogens (tertiary/aromatic N) is 1. The van der Waals surface area contributed by atoms with Gasteiger partial charge in [0, 0.05) is 35.8 Å². The van der Waals surface area contributed by atoms with Gasteiger partial charge in [0.25, 0.3) is 0 Å². The molecule has 26 heavy (non-hydrogen) atoms. The molecule has 1 aliphatic heterocycles. The van der Waals surface area contributed by atoms with Crippen molar-refractivity contribution in [3.05, 3.63) is 12.2 Å². The number of hydrogen-bond donors (Lipinski definition) is 2. The van der Waals surface area contributed by atoms with Gasteiger partial charge in [-0.15, -0.1) is 0 Å². The minimum Gasteiger partial charge on any atom is -0.392 e. The van der Waals surface area contributed by atoms with Crippen molar-refractivity contribution >= 4 is 5.78 Å². The van der Waals surface area contributed by atoms with Gasteiger partial charge in [-0.2, -0.15) is 0 Å². The summed E-state index contributed by atoms with van der Waals surface area (Å²) >= 11 is 0. The van der Waals surface area contributed by atoms with Crippen molar-refractivity contribution in [1.29, 1.82) is 0 Å². The zero-order chi connectivity index (χ0) is 18.2. The Hall–Kier alpha value is -0.710. The molecule has 2 N–H and O–H groups in total. The van der Waals surface area contributed by atoms with Gasteiger partial charge in [-0.25, -0.2) is 0 Å². The molecule has 4 nitrogen and oxygen atoms in total. The number of Topliss-reactive ketones (excluding diaryl/α,β-unsaturated/α-hetero) is 1. The molecule has 10 atom stereocenters. The molecule has 4 heteroatoms. The lowest BCUT2D eigenvalue weighted by Gasteiger charge is -2.65. The van der Waals surface area contributed by atoms with Gasteiger partial charge in [-0.05, 0) is 61.0 Å². The smallest absolute Gasteiger partial charge is 0.140 e. The Kier molecular flexibility index (Phi) is 2.80. The number of fused-ring (bicyclic) bond motifs is 1. The number of piperidine rings is 1. The first-order chi connectivity index (χ1) is 12.3. The summed E-state index contributed by atoms with van der Waals surface area (Å²) in [7, 11) is 0. The molecule has 142 valence electrons. The highest BCUT2D eigenvalue weighted by molar-refractivity contribution is 5.87. The second kappa shape index (κ2) is 4.47. The maximum atomic E-state index is 13.0. The first kappa shape index (κ1) is 16.3. The lowest BCUT2D eigenvalue weighted by Crippen LogP contribution is -2.68. The molecule has 0 aromatic heterocycles. The Labute approximate surface area is 155 Å². The van der Waals surface area contributed by atoms with Gasteiger partial charge in [0.1, 0.15) is 5.78 Å². The number of carbonyl (C=O) groups is 1. The van der Waals surface area contributed by atoms with Crippen LogP contribution < -0.4 is 0 Å². The van der Waals surface area contributed by atoms with E-state index in [1.165, 1.54) is 0 Å². The van der Waals surface area contributed by atoms with E-state index in [9.17, 15) is 15.0 Å². The third-order valence-electron chi connectivity index (χ3n) is 10.4. The maximum absolute atomic E-state index is 13.0. The zero-order valence-corrected chi connectivity index (χ0v) is 15.9. The van der Waals surface area contributed by atoms with Crippen LogP contribution in [0.2, 0.25) is 0 Å². The molecule has 1 heterocycles. The predicted octanol–water partition coefficient (Wildman–Crippen LogP) is 2.00. The van der Waals surface area contributed by atoms with E-state index >= 15 is 0 Å². The highest BCUT2D eigenvalue weighted by atomic mass is 16.3. The van der Waals surface area contributed by atoms with Crippen molar-refractivity contribution in [2.45, 2.75) is 64.2 Å². The Morgan fingerprint density at radius 2 is 2.08 bits per heavy atom. The summed E-state index contributed by atoms with van der Waals surface area (Å²) in [4.78, 5) is 15.6. The average molecular weight is 357 g/mol. The Balaban J connectivity index is 1.62. The fourth-order valence-corrected chi connectivity index (χ4v) is 9.75. The summed E-state index contributed by atoms with van der Waals surface area (Å²) in [5.41, 5.74) is 0.598. The summed E-state index contributed by atoms with van der Waals surface area (Å²) in [6, 6.07) is 0.331. The number of rotatable bonds is 1. The van der Waals surface area contributed by atoms with Crippen LogP contribution in [0.15, 0.2) is 12.2 Å². The van der Waals surface area contributed by atoms with Gasteiger partial charge in [0.15, 0.2) is 0 Å². The summed E-state index contributed by atoms with van der Waals surface area (Å²) in [6.07, 6.45) is 3.50. The van der Waals surface area contributed by atoms with Gasteiger partial charge in [-0.1, -0.05) is 20.4 Å². The van der Waals surface area contributed by atoms with Crippen LogP contribution in [0.3, 0.4) is 0 Å². The molecule has 5 saturated carbocycles. The lowest BCUT2D eigenvalue weighted by atomic mass is 9.43. The monoisotopic (exact) mass is 357 g/mol. The minimum atomic E-state index is -0.561. The Bertz CT molecular complexity index is 735. The van der Waals surface area contributed by atoms with E-state index in [2.05, 4.69) is 25.3 Å². The Morgan fingerprint density at radius 1 is 1.31 bits per heavy atom. The summed E-state index contributed by atoms with van der Waals surface area (Å²) in [5, 5.41) is 22.8. The summed E-state index contributed by atoms with van der Waals surface area (Å²) in [5.74, 6) is 1.16. The van der Waals surface area contributed by atoms with Crippen LogP contribution in [0, 0.1) is 39.9 Å². The van der Waals surface area contributed by atoms with Crippen molar-refractivity contribution in [3.8, 4) is 0 Å². The third kappa shape index (κ3) is 1.33. The molecule has 6 rings (SSSR count). The molecule has 6 fully saturated rings. The molecule has 6 aliphatic rings. The number of aliphatic hydroxyl groups excluding tert-OH is 2. The number of carbonyl (C=O) groups excluding carboxylic acids is 1. The van der Waals surface area contributed by atoms with E-state index in [0.717, 1.165) is 44.3 Å². The normalized spacial score (nSPS) is 62.7. The van der Waals surface area contributed by atoms with Crippen LogP contribution in [0.1, 0.15) is 46.0 Å². The first-order valence-electron chi connectivity index (χ1n) is 10.6. The number of likely N-dealkylation sites (tertiary alicyclic amines) is 1. The molecule has 0 aromatic carbocycles. The van der Waals surface area contributed by atoms with Gasteiger partial charge < -0.3 is 10.2 Å². The zero-order valence-electron chi connectivity index (χ0n) is 15.9. The number of ketones is 1. The predicted molar refractivity (Wildman–Crippen MR) is 97.2 cm³/mol. The van der Waals surface area contributed by atoms with Crippen LogP contribution in [0.4, 0.5) is 0 Å². The van der Waals surface area contributed by atoms with Gasteiger partial charge >= 0.3 is 0 Å². The van der Waals surface area contributed by atoms with Crippen LogP contribution >= 0.6 is 0 Å². The highest BCUT2D eigenvalue weighted by Crippen LogP contribution is 2.83. The van der Waals surface area contributed by atoms with Crippen molar-refractivity contribution in [1.82, 2.24) is 4.90 Å². The van der Waals surface area contributed by atoms with Gasteiger partial charge in [-0.3, -0.25) is 9.69 Å². The average Bonchev–Trinajstić information content (AvgIpc) is 3.14. The van der Waals surface area contributed by atoms with E-state index in [1.807, 2.05) is 0 Å². The second-order valence-corrected chi connectivity index (χ2v) is 10.7. The largest absolute Gasteiger partial charge is 0.392 e. The molecule has 0 amide bonds. The molecular formula is C22H31NO3. The second-order valence-electron chi connectivity index (χ2n) is 10.7. The van der Waals surface area contributed by atoms with Crippen molar-refractivity contribution in [2.24, 2.45) is 39.9 Å². The van der Waals surface area contributed by atoms with Gasteiger partial charge in [0.05, 0.1) is 12.2 Å². The molecule has 7 bridgehead atoms. The fraction of sp³-hybridized carbons (Fsp3) is 0.864. The van der Waals surface area contributed by atoms with Crippen molar-refractivity contribution in [2.75, 3.05) is 13.1 Å². The van der Waals surface area contributed by atoms with Crippen LogP contribution in [-0.4, -0.2) is 52.2 Å². The maximum Gasteiger partial charge on any atom is 0.140 e.